The lowest BCUT2D eigenvalue weighted by Crippen LogP contribution is -2.16. The van der Waals surface area contributed by atoms with Crippen molar-refractivity contribution in [2.45, 2.75) is 12.1 Å². The Labute approximate surface area is 159 Å². The van der Waals surface area contributed by atoms with Gasteiger partial charge in [0, 0.05) is 11.1 Å². The molecule has 3 aromatic rings. The van der Waals surface area contributed by atoms with Crippen LogP contribution in [0, 0.1) is 5.82 Å². The zero-order chi connectivity index (χ0) is 19.2. The third-order valence-corrected chi connectivity index (χ3v) is 4.47. The third kappa shape index (κ3) is 4.40. The van der Waals surface area contributed by atoms with E-state index in [-0.39, 0.29) is 29.2 Å². The average molecular weight is 385 g/mol. The van der Waals surface area contributed by atoms with Gasteiger partial charge in [0.15, 0.2) is 11.0 Å². The van der Waals surface area contributed by atoms with Gasteiger partial charge in [0.1, 0.15) is 5.82 Å². The molecule has 0 radical (unpaired) electrons. The first kappa shape index (κ1) is 18.8. The fraction of sp³-hybridized carbons (Fsp3) is 0.158. The second kappa shape index (κ2) is 8.59. The molecule has 0 bridgehead atoms. The minimum atomic E-state index is -0.449. The molecule has 138 valence electrons. The molecule has 0 aliphatic heterocycles. The highest BCUT2D eigenvalue weighted by Gasteiger charge is 2.22. The number of hydrogen-bond donors (Lipinski definition) is 0. The van der Waals surface area contributed by atoms with Gasteiger partial charge in [-0.3, -0.25) is 9.59 Å². The molecule has 0 saturated heterocycles. The number of thioether (sulfide) groups is 1. The van der Waals surface area contributed by atoms with Gasteiger partial charge in [0.05, 0.1) is 12.4 Å². The highest BCUT2D eigenvalue weighted by molar-refractivity contribution is 7.99. The third-order valence-electron chi connectivity index (χ3n) is 3.56. The van der Waals surface area contributed by atoms with Crippen molar-refractivity contribution in [2.75, 3.05) is 12.4 Å². The first-order valence-electron chi connectivity index (χ1n) is 8.19. The molecule has 0 aliphatic carbocycles. The van der Waals surface area contributed by atoms with Gasteiger partial charge in [-0.25, -0.2) is 8.96 Å². The number of carbonyl (C=O) groups excluding carboxylic acids is 2. The first-order chi connectivity index (χ1) is 13.1. The van der Waals surface area contributed by atoms with Gasteiger partial charge >= 0.3 is 5.97 Å². The van der Waals surface area contributed by atoms with Crippen molar-refractivity contribution in [1.82, 2.24) is 14.8 Å². The number of carbonyl (C=O) groups is 2. The normalized spacial score (nSPS) is 10.6. The Morgan fingerprint density at radius 2 is 1.89 bits per heavy atom. The maximum Gasteiger partial charge on any atom is 0.316 e. The molecule has 1 aromatic heterocycles. The van der Waals surface area contributed by atoms with E-state index in [4.69, 9.17) is 4.74 Å². The summed E-state index contributed by atoms with van der Waals surface area (Å²) < 4.78 is 19.8. The number of hydrogen-bond acceptors (Lipinski definition) is 6. The van der Waals surface area contributed by atoms with Gasteiger partial charge in [0.25, 0.3) is 5.91 Å². The lowest BCUT2D eigenvalue weighted by atomic mass is 10.2. The average Bonchev–Trinajstić information content (AvgIpc) is 3.10. The maximum atomic E-state index is 13.6. The van der Waals surface area contributed by atoms with Gasteiger partial charge < -0.3 is 4.74 Å². The number of nitrogens with zero attached hydrogens (tertiary/aromatic N) is 3. The number of esters is 1. The van der Waals surface area contributed by atoms with Crippen molar-refractivity contribution in [3.63, 3.8) is 0 Å². The minimum absolute atomic E-state index is 0.0167. The second-order valence-corrected chi connectivity index (χ2v) is 6.36. The Morgan fingerprint density at radius 3 is 2.59 bits per heavy atom. The van der Waals surface area contributed by atoms with Gasteiger partial charge in [-0.05, 0) is 31.2 Å². The molecule has 0 saturated carbocycles. The van der Waals surface area contributed by atoms with Crippen LogP contribution in [0.4, 0.5) is 4.39 Å². The number of ether oxygens (including phenoxy) is 1. The van der Waals surface area contributed by atoms with E-state index in [0.717, 1.165) is 11.8 Å². The van der Waals surface area contributed by atoms with Crippen molar-refractivity contribution in [3.05, 3.63) is 66.0 Å². The quantitative estimate of drug-likeness (QED) is 0.478. The summed E-state index contributed by atoms with van der Waals surface area (Å²) in [4.78, 5) is 24.7. The lowest BCUT2D eigenvalue weighted by Gasteiger charge is -2.09. The predicted molar refractivity (Wildman–Crippen MR) is 98.9 cm³/mol. The Balaban J connectivity index is 2.01. The van der Waals surface area contributed by atoms with E-state index in [0.29, 0.717) is 11.1 Å². The molecule has 2 aromatic carbocycles. The number of benzene rings is 2. The molecule has 0 amide bonds. The zero-order valence-corrected chi connectivity index (χ0v) is 15.3. The molecular weight excluding hydrogens is 369 g/mol. The van der Waals surface area contributed by atoms with Gasteiger partial charge in [-0.15, -0.1) is 10.2 Å². The summed E-state index contributed by atoms with van der Waals surface area (Å²) in [5, 5.41) is 8.31. The molecule has 27 heavy (non-hydrogen) atoms. The zero-order valence-electron chi connectivity index (χ0n) is 14.5. The SMILES string of the molecule is CCOC(=O)CSc1nnc(-c2cccc(F)c2)n1C(=O)c1ccccc1. The smallest absolute Gasteiger partial charge is 0.316 e. The molecule has 0 N–H and O–H groups in total. The van der Waals surface area contributed by atoms with Crippen LogP contribution in [0.15, 0.2) is 59.8 Å². The largest absolute Gasteiger partial charge is 0.465 e. The van der Waals surface area contributed by atoms with Crippen LogP contribution in [0.25, 0.3) is 11.4 Å². The summed E-state index contributed by atoms with van der Waals surface area (Å²) in [6, 6.07) is 14.4. The van der Waals surface area contributed by atoms with Crippen molar-refractivity contribution < 1.29 is 18.7 Å². The number of rotatable bonds is 6. The highest BCUT2D eigenvalue weighted by atomic mass is 32.2. The molecule has 0 fully saturated rings. The van der Waals surface area contributed by atoms with Crippen LogP contribution >= 0.6 is 11.8 Å². The first-order valence-corrected chi connectivity index (χ1v) is 9.18. The van der Waals surface area contributed by atoms with E-state index < -0.39 is 11.8 Å². The van der Waals surface area contributed by atoms with Gasteiger partial charge in [0.2, 0.25) is 0 Å². The minimum Gasteiger partial charge on any atom is -0.465 e. The van der Waals surface area contributed by atoms with Crippen LogP contribution < -0.4 is 0 Å². The van der Waals surface area contributed by atoms with Gasteiger partial charge in [-0.2, -0.15) is 0 Å². The van der Waals surface area contributed by atoms with E-state index in [1.165, 1.54) is 22.8 Å². The predicted octanol–water partition coefficient (Wildman–Crippen LogP) is 3.43. The van der Waals surface area contributed by atoms with Crippen molar-refractivity contribution in [2.24, 2.45) is 0 Å². The van der Waals surface area contributed by atoms with Crippen LogP contribution in [-0.4, -0.2) is 39.0 Å². The van der Waals surface area contributed by atoms with E-state index in [9.17, 15) is 14.0 Å². The molecule has 0 unspecified atom stereocenters. The Morgan fingerprint density at radius 1 is 1.11 bits per heavy atom. The van der Waals surface area contributed by atoms with Crippen LogP contribution in [0.5, 0.6) is 0 Å². The monoisotopic (exact) mass is 385 g/mol. The molecule has 0 atom stereocenters. The summed E-state index contributed by atoms with van der Waals surface area (Å²) in [6.07, 6.45) is 0. The lowest BCUT2D eigenvalue weighted by molar-refractivity contribution is -0.139. The number of aromatic nitrogens is 3. The van der Waals surface area contributed by atoms with Crippen LogP contribution in [-0.2, 0) is 9.53 Å². The van der Waals surface area contributed by atoms with E-state index in [2.05, 4.69) is 10.2 Å². The van der Waals surface area contributed by atoms with E-state index >= 15 is 0 Å². The fourth-order valence-electron chi connectivity index (χ4n) is 2.40. The van der Waals surface area contributed by atoms with Crippen LogP contribution in [0.1, 0.15) is 17.3 Å². The molecule has 6 nitrogen and oxygen atoms in total. The summed E-state index contributed by atoms with van der Waals surface area (Å²) >= 11 is 1.04. The Hall–Kier alpha value is -3.00. The highest BCUT2D eigenvalue weighted by Crippen LogP contribution is 2.25. The Bertz CT molecular complexity index is 960. The Kier molecular flexibility index (Phi) is 5.97. The molecule has 1 heterocycles. The summed E-state index contributed by atoms with van der Waals surface area (Å²) in [5.74, 6) is -1.05. The summed E-state index contributed by atoms with van der Waals surface area (Å²) in [6.45, 7) is 1.98. The number of halogens is 1. The second-order valence-electron chi connectivity index (χ2n) is 5.42. The standard InChI is InChI=1S/C19H16FN3O3S/c1-2-26-16(24)12-27-19-22-21-17(14-9-6-10-15(20)11-14)23(19)18(25)13-7-4-3-5-8-13/h3-11H,2,12H2,1H3. The molecule has 0 spiro atoms. The van der Waals surface area contributed by atoms with Gasteiger partial charge in [-0.1, -0.05) is 42.1 Å². The van der Waals surface area contributed by atoms with Crippen molar-refractivity contribution in [3.8, 4) is 11.4 Å². The molecule has 3 rings (SSSR count). The summed E-state index contributed by atoms with van der Waals surface area (Å²) in [7, 11) is 0. The van der Waals surface area contributed by atoms with E-state index in [1.54, 1.807) is 43.3 Å². The molecule has 8 heteroatoms. The van der Waals surface area contributed by atoms with Crippen LogP contribution in [0.2, 0.25) is 0 Å². The van der Waals surface area contributed by atoms with Crippen molar-refractivity contribution in [1.29, 1.82) is 0 Å². The van der Waals surface area contributed by atoms with Crippen molar-refractivity contribution >= 4 is 23.6 Å². The maximum absolute atomic E-state index is 13.6. The molecular formula is C19H16FN3O3S. The summed E-state index contributed by atoms with van der Waals surface area (Å²) in [5.41, 5.74) is 0.836. The topological polar surface area (TPSA) is 74.1 Å². The molecule has 0 aliphatic rings. The van der Waals surface area contributed by atoms with Crippen LogP contribution in [0.3, 0.4) is 0 Å². The fourth-order valence-corrected chi connectivity index (χ4v) is 3.12. The van der Waals surface area contributed by atoms with E-state index in [1.807, 2.05) is 0 Å².